The average molecular weight is 791 g/mol. The molecular formula is C32H58N10O11S. The van der Waals surface area contributed by atoms with Crippen LogP contribution < -0.4 is 54.4 Å². The Labute approximate surface area is 319 Å². The van der Waals surface area contributed by atoms with Crippen LogP contribution in [-0.4, -0.2) is 131 Å². The van der Waals surface area contributed by atoms with Crippen LogP contribution in [0.4, 0.5) is 0 Å². The molecule has 21 nitrogen and oxygen atoms in total. The molecule has 0 spiro atoms. The van der Waals surface area contributed by atoms with Crippen LogP contribution in [0.25, 0.3) is 0 Å². The summed E-state index contributed by atoms with van der Waals surface area (Å²) in [5.41, 5.74) is 16.7. The summed E-state index contributed by atoms with van der Waals surface area (Å²) in [6.07, 6.45) is 1.28. The van der Waals surface area contributed by atoms with Crippen LogP contribution in [0.2, 0.25) is 0 Å². The van der Waals surface area contributed by atoms with E-state index >= 15 is 0 Å². The van der Waals surface area contributed by atoms with Crippen molar-refractivity contribution in [3.63, 3.8) is 0 Å². The summed E-state index contributed by atoms with van der Waals surface area (Å²) < 4.78 is 0. The van der Waals surface area contributed by atoms with E-state index in [1.54, 1.807) is 0 Å². The number of hydrogen-bond donors (Lipinski definition) is 13. The molecule has 15 N–H and O–H groups in total. The lowest BCUT2D eigenvalue weighted by atomic mass is 10.1. The highest BCUT2D eigenvalue weighted by Crippen LogP contribution is 2.06. The van der Waals surface area contributed by atoms with Crippen molar-refractivity contribution >= 4 is 65.9 Å². The minimum Gasteiger partial charge on any atom is -0.481 e. The minimum absolute atomic E-state index is 0.0927. The predicted octanol–water partition coefficient (Wildman–Crippen LogP) is -4.08. The molecule has 0 saturated heterocycles. The van der Waals surface area contributed by atoms with Gasteiger partial charge in [0, 0.05) is 12.2 Å². The summed E-state index contributed by atoms with van der Waals surface area (Å²) in [4.78, 5) is 113. The van der Waals surface area contributed by atoms with Crippen molar-refractivity contribution in [3.8, 4) is 0 Å². The first kappa shape index (κ1) is 49.5. The van der Waals surface area contributed by atoms with E-state index in [2.05, 4.69) is 49.8 Å². The Kier molecular flexibility index (Phi) is 24.1. The monoisotopic (exact) mass is 790 g/mol. The molecule has 0 aromatic rings. The highest BCUT2D eigenvalue weighted by atomic mass is 32.1. The Morgan fingerprint density at radius 3 is 1.13 bits per heavy atom. The van der Waals surface area contributed by atoms with E-state index < -0.39 is 108 Å². The van der Waals surface area contributed by atoms with Gasteiger partial charge in [-0.25, -0.2) is 4.79 Å². The van der Waals surface area contributed by atoms with Gasteiger partial charge in [0.05, 0.1) is 6.04 Å². The fraction of sp³-hybridized carbons (Fsp3) is 0.719. The maximum absolute atomic E-state index is 13.4. The summed E-state index contributed by atoms with van der Waals surface area (Å²) >= 11 is 3.89. The first-order valence-corrected chi connectivity index (χ1v) is 18.3. The predicted molar refractivity (Wildman–Crippen MR) is 198 cm³/mol. The second-order valence-corrected chi connectivity index (χ2v) is 13.1. The number of carboxylic acids is 2. The molecule has 8 unspecified atom stereocenters. The minimum atomic E-state index is -1.32. The maximum Gasteiger partial charge on any atom is 0.327 e. The molecule has 0 aromatic heterocycles. The number of hydrogen-bond acceptors (Lipinski definition) is 13. The third-order valence-corrected chi connectivity index (χ3v) is 8.27. The lowest BCUT2D eigenvalue weighted by Gasteiger charge is -2.26. The van der Waals surface area contributed by atoms with Crippen molar-refractivity contribution in [1.29, 1.82) is 0 Å². The molecule has 0 bridgehead atoms. The van der Waals surface area contributed by atoms with E-state index in [0.717, 1.165) is 0 Å². The van der Waals surface area contributed by atoms with Crippen molar-refractivity contribution < 1.29 is 53.4 Å². The molecule has 0 aliphatic rings. The zero-order valence-corrected chi connectivity index (χ0v) is 32.0. The highest BCUT2D eigenvalue weighted by molar-refractivity contribution is 7.80. The zero-order valence-electron chi connectivity index (χ0n) is 31.1. The normalized spacial score (nSPS) is 15.3. The van der Waals surface area contributed by atoms with Gasteiger partial charge < -0.3 is 64.6 Å². The summed E-state index contributed by atoms with van der Waals surface area (Å²) in [5, 5.41) is 35.2. The lowest BCUT2D eigenvalue weighted by Crippen LogP contribution is -2.59. The Balaban J connectivity index is 5.73. The molecule has 308 valence electrons. The van der Waals surface area contributed by atoms with Crippen LogP contribution in [-0.2, 0) is 43.2 Å². The second-order valence-electron chi connectivity index (χ2n) is 12.7. The molecule has 7 amide bonds. The first-order chi connectivity index (χ1) is 25.3. The largest absolute Gasteiger partial charge is 0.481 e. The molecule has 0 radical (unpaired) electrons. The Morgan fingerprint density at radius 1 is 0.500 bits per heavy atom. The quantitative estimate of drug-likeness (QED) is 0.0278. The number of nitrogens with two attached hydrogens (primary N) is 3. The molecule has 0 saturated carbocycles. The van der Waals surface area contributed by atoms with Gasteiger partial charge >= 0.3 is 11.9 Å². The van der Waals surface area contributed by atoms with Crippen LogP contribution in [0.3, 0.4) is 0 Å². The fourth-order valence-electron chi connectivity index (χ4n) is 4.58. The van der Waals surface area contributed by atoms with E-state index in [0.29, 0.717) is 38.8 Å². The zero-order chi connectivity index (χ0) is 41.5. The topological polar surface area (TPSA) is 356 Å². The van der Waals surface area contributed by atoms with Crippen molar-refractivity contribution in [3.05, 3.63) is 0 Å². The number of carboxylic acid groups (broad SMARTS) is 2. The van der Waals surface area contributed by atoms with Gasteiger partial charge in [0.2, 0.25) is 41.4 Å². The van der Waals surface area contributed by atoms with Gasteiger partial charge in [-0.15, -0.1) is 0 Å². The molecule has 0 heterocycles. The van der Waals surface area contributed by atoms with Gasteiger partial charge in [-0.05, 0) is 85.7 Å². The SMILES string of the molecule is CC(N)C(=O)NC(CCC(=O)O)C(=O)NC(C)C(=O)NC(CCCCN)C(=O)NC(C)C(=O)NC(CCCCN)C(=O)NC(C)C(=O)NC(CS)C(=O)O. The molecule has 54 heavy (non-hydrogen) atoms. The van der Waals surface area contributed by atoms with E-state index in [4.69, 9.17) is 22.3 Å². The number of aliphatic carboxylic acids is 2. The molecule has 0 fully saturated rings. The van der Waals surface area contributed by atoms with Crippen LogP contribution >= 0.6 is 12.6 Å². The smallest absolute Gasteiger partial charge is 0.327 e. The molecule has 0 aliphatic heterocycles. The molecular weight excluding hydrogens is 732 g/mol. The standard InChI is InChI=1S/C32H58N10O11S/c1-16(35)25(45)39-22(11-12-24(43)44)31(51)38-18(3)27(47)41-20(9-5-7-13-33)29(49)36-17(2)26(46)40-21(10-6-8-14-34)30(50)37-19(4)28(48)42-23(15-54)32(52)53/h16-23,54H,5-15,33-35H2,1-4H3,(H,36,49)(H,37,50)(H,38,51)(H,39,45)(H,40,46)(H,41,47)(H,42,48)(H,43,44)(H,52,53). The number of thiol groups is 1. The highest BCUT2D eigenvalue weighted by Gasteiger charge is 2.31. The van der Waals surface area contributed by atoms with Gasteiger partial charge in [-0.2, -0.15) is 12.6 Å². The van der Waals surface area contributed by atoms with E-state index in [1.165, 1.54) is 27.7 Å². The van der Waals surface area contributed by atoms with Crippen molar-refractivity contribution in [2.24, 2.45) is 17.2 Å². The van der Waals surface area contributed by atoms with Gasteiger partial charge in [0.15, 0.2) is 0 Å². The number of rotatable bonds is 27. The lowest BCUT2D eigenvalue weighted by molar-refractivity contribution is -0.141. The number of carbonyl (C=O) groups is 9. The van der Waals surface area contributed by atoms with Crippen molar-refractivity contribution in [1.82, 2.24) is 37.2 Å². The van der Waals surface area contributed by atoms with Crippen molar-refractivity contribution in [2.75, 3.05) is 18.8 Å². The van der Waals surface area contributed by atoms with Gasteiger partial charge in [-0.3, -0.25) is 38.4 Å². The first-order valence-electron chi connectivity index (χ1n) is 17.6. The number of unbranched alkanes of at least 4 members (excludes halogenated alkanes) is 2. The fourth-order valence-corrected chi connectivity index (χ4v) is 4.82. The molecule has 0 aliphatic carbocycles. The van der Waals surface area contributed by atoms with E-state index in [-0.39, 0.29) is 25.0 Å². The number of carbonyl (C=O) groups excluding carboxylic acids is 7. The third-order valence-electron chi connectivity index (χ3n) is 7.91. The summed E-state index contributed by atoms with van der Waals surface area (Å²) in [6.45, 7) is 5.95. The van der Waals surface area contributed by atoms with Gasteiger partial charge in [0.25, 0.3) is 0 Å². The van der Waals surface area contributed by atoms with Crippen LogP contribution in [0, 0.1) is 0 Å². The summed E-state index contributed by atoms with van der Waals surface area (Å²) in [6, 6.07) is -9.64. The third kappa shape index (κ3) is 19.5. The number of nitrogens with one attached hydrogen (secondary N) is 7. The van der Waals surface area contributed by atoms with Crippen molar-refractivity contribution in [2.45, 2.75) is 127 Å². The maximum atomic E-state index is 13.4. The molecule has 22 heteroatoms. The Hall–Kier alpha value is -4.54. The number of amides is 7. The van der Waals surface area contributed by atoms with E-state index in [1.807, 2.05) is 0 Å². The summed E-state index contributed by atoms with van der Waals surface area (Å²) in [5.74, 6) is -8.18. The summed E-state index contributed by atoms with van der Waals surface area (Å²) in [7, 11) is 0. The Morgan fingerprint density at radius 2 is 0.833 bits per heavy atom. The van der Waals surface area contributed by atoms with Crippen LogP contribution in [0.1, 0.15) is 79.1 Å². The molecule has 0 aromatic carbocycles. The second kappa shape index (κ2) is 26.3. The Bertz CT molecular complexity index is 1310. The van der Waals surface area contributed by atoms with Crippen LogP contribution in [0.5, 0.6) is 0 Å². The molecule has 8 atom stereocenters. The van der Waals surface area contributed by atoms with Crippen LogP contribution in [0.15, 0.2) is 0 Å². The van der Waals surface area contributed by atoms with Gasteiger partial charge in [-0.1, -0.05) is 0 Å². The van der Waals surface area contributed by atoms with Gasteiger partial charge in [0.1, 0.15) is 42.3 Å². The van der Waals surface area contributed by atoms with E-state index in [9.17, 15) is 48.3 Å². The average Bonchev–Trinajstić information content (AvgIpc) is 3.10. The molecule has 0 rings (SSSR count).